The number of rotatable bonds is 6. The van der Waals surface area contributed by atoms with Gasteiger partial charge in [0.1, 0.15) is 4.90 Å². The topological polar surface area (TPSA) is 146 Å². The van der Waals surface area contributed by atoms with Gasteiger partial charge in [-0.1, -0.05) is 0 Å². The number of nitrogens with one attached hydrogen (secondary N) is 2. The van der Waals surface area contributed by atoms with Crippen LogP contribution in [0.2, 0.25) is 0 Å². The number of ether oxygens (including phenoxy) is 3. The average Bonchev–Trinajstić information content (AvgIpc) is 3.10. The number of carbonyl (C=O) groups excluding carboxylic acids is 2. The first-order chi connectivity index (χ1) is 12.3. The zero-order chi connectivity index (χ0) is 19.3. The summed E-state index contributed by atoms with van der Waals surface area (Å²) >= 11 is 0.968. The van der Waals surface area contributed by atoms with Crippen LogP contribution in [0, 0.1) is 0 Å². The Balaban J connectivity index is 2.20. The van der Waals surface area contributed by atoms with Gasteiger partial charge in [-0.25, -0.2) is 22.7 Å². The molecule has 2 N–H and O–H groups in total. The van der Waals surface area contributed by atoms with Crippen LogP contribution in [0.3, 0.4) is 0 Å². The van der Waals surface area contributed by atoms with E-state index in [0.29, 0.717) is 0 Å². The number of methoxy groups -OCH3 is 3. The van der Waals surface area contributed by atoms with Crippen LogP contribution in [0.25, 0.3) is 0 Å². The summed E-state index contributed by atoms with van der Waals surface area (Å²) in [4.78, 5) is 30.9. The Morgan fingerprint density at radius 1 is 1.08 bits per heavy atom. The number of aromatic nitrogens is 2. The van der Waals surface area contributed by atoms with Gasteiger partial charge in [-0.15, -0.1) is 0 Å². The molecule has 0 atom stereocenters. The molecule has 0 aliphatic heterocycles. The second-order valence-corrected chi connectivity index (χ2v) is 6.87. The van der Waals surface area contributed by atoms with Crippen molar-refractivity contribution in [3.05, 3.63) is 22.4 Å². The minimum Gasteiger partial charge on any atom is -0.481 e. The molecule has 2 amide bonds. The third kappa shape index (κ3) is 4.37. The third-order valence-corrected chi connectivity index (χ3v) is 5.13. The van der Waals surface area contributed by atoms with E-state index < -0.39 is 22.0 Å². The summed E-state index contributed by atoms with van der Waals surface area (Å²) in [6.07, 6.45) is 0. The fourth-order valence-electron chi connectivity index (χ4n) is 1.73. The minimum atomic E-state index is -4.32. The molecule has 13 heteroatoms. The predicted molar refractivity (Wildman–Crippen MR) is 90.1 cm³/mol. The van der Waals surface area contributed by atoms with Gasteiger partial charge in [-0.3, -0.25) is 5.32 Å². The summed E-state index contributed by atoms with van der Waals surface area (Å²) in [7, 11) is -0.512. The molecule has 2 aromatic rings. The fraction of sp³-hybridized carbons (Fsp3) is 0.231. The van der Waals surface area contributed by atoms with Crippen molar-refractivity contribution >= 4 is 39.3 Å². The van der Waals surface area contributed by atoms with E-state index in [9.17, 15) is 18.0 Å². The maximum absolute atomic E-state index is 12.3. The van der Waals surface area contributed by atoms with Crippen LogP contribution in [-0.4, -0.2) is 51.7 Å². The van der Waals surface area contributed by atoms with Crippen LogP contribution in [0.15, 0.2) is 21.7 Å². The molecule has 0 unspecified atom stereocenters. The molecular weight excluding hydrogens is 388 g/mol. The maximum atomic E-state index is 12.3. The lowest BCUT2D eigenvalue weighted by Crippen LogP contribution is -2.35. The normalized spacial score (nSPS) is 10.7. The van der Waals surface area contributed by atoms with Crippen molar-refractivity contribution < 1.29 is 32.2 Å². The summed E-state index contributed by atoms with van der Waals surface area (Å²) in [5, 5.41) is 4.65. The lowest BCUT2D eigenvalue weighted by molar-refractivity contribution is 0.0597. The van der Waals surface area contributed by atoms with E-state index in [0.717, 1.165) is 18.4 Å². The Labute approximate surface area is 152 Å². The molecule has 140 valence electrons. The Morgan fingerprint density at radius 2 is 1.69 bits per heavy atom. The standard InChI is InChI=1S/C13H14N4O7S2/c1-22-9-4-10(23-2)15-12(14-9)16-13(19)17-26(20,21)8-6-25-5-7(8)11(18)24-3/h4-6H,1-3H3,(H2,14,15,16,17,19). The number of amides is 2. The van der Waals surface area contributed by atoms with E-state index in [1.165, 1.54) is 31.0 Å². The first kappa shape index (κ1) is 19.4. The number of nitrogens with zero attached hydrogens (tertiary/aromatic N) is 2. The van der Waals surface area contributed by atoms with E-state index in [1.54, 1.807) is 4.72 Å². The van der Waals surface area contributed by atoms with Gasteiger partial charge in [0, 0.05) is 10.8 Å². The molecule has 0 fully saturated rings. The molecule has 2 heterocycles. The molecule has 26 heavy (non-hydrogen) atoms. The average molecular weight is 402 g/mol. The van der Waals surface area contributed by atoms with Crippen LogP contribution in [0.1, 0.15) is 10.4 Å². The van der Waals surface area contributed by atoms with Gasteiger partial charge >= 0.3 is 12.0 Å². The summed E-state index contributed by atoms with van der Waals surface area (Å²) in [6, 6.07) is 0.232. The van der Waals surface area contributed by atoms with E-state index in [-0.39, 0.29) is 28.2 Å². The van der Waals surface area contributed by atoms with Gasteiger partial charge in [0.15, 0.2) is 0 Å². The van der Waals surface area contributed by atoms with E-state index >= 15 is 0 Å². The summed E-state index contributed by atoms with van der Waals surface area (Å²) in [5.74, 6) is -0.887. The minimum absolute atomic E-state index is 0.0980. The van der Waals surface area contributed by atoms with Gasteiger partial charge in [0.05, 0.1) is 33.0 Å². The van der Waals surface area contributed by atoms with Crippen LogP contribution >= 0.6 is 11.3 Å². The second-order valence-electron chi connectivity index (χ2n) is 4.48. The molecular formula is C13H14N4O7S2. The molecule has 0 saturated carbocycles. The Bertz CT molecular complexity index is 904. The van der Waals surface area contributed by atoms with Gasteiger partial charge in [-0.05, 0) is 0 Å². The highest BCUT2D eigenvalue weighted by Crippen LogP contribution is 2.22. The lowest BCUT2D eigenvalue weighted by atomic mass is 10.3. The van der Waals surface area contributed by atoms with Crippen molar-refractivity contribution in [1.29, 1.82) is 0 Å². The van der Waals surface area contributed by atoms with Gasteiger partial charge in [0.25, 0.3) is 10.0 Å². The Morgan fingerprint density at radius 3 is 2.23 bits per heavy atom. The number of hydrogen-bond donors (Lipinski definition) is 2. The van der Waals surface area contributed by atoms with Crippen molar-refractivity contribution in [3.8, 4) is 11.8 Å². The van der Waals surface area contributed by atoms with Crippen molar-refractivity contribution in [1.82, 2.24) is 14.7 Å². The molecule has 0 aliphatic carbocycles. The smallest absolute Gasteiger partial charge is 0.340 e. The molecule has 0 radical (unpaired) electrons. The van der Waals surface area contributed by atoms with Gasteiger partial charge in [0.2, 0.25) is 17.7 Å². The van der Waals surface area contributed by atoms with Crippen molar-refractivity contribution in [2.75, 3.05) is 26.6 Å². The molecule has 0 spiro atoms. The molecule has 2 rings (SSSR count). The lowest BCUT2D eigenvalue weighted by Gasteiger charge is -2.09. The van der Waals surface area contributed by atoms with Crippen LogP contribution in [0.4, 0.5) is 10.7 Å². The molecule has 11 nitrogen and oxygen atoms in total. The van der Waals surface area contributed by atoms with E-state index in [2.05, 4.69) is 20.0 Å². The summed E-state index contributed by atoms with van der Waals surface area (Å²) in [6.45, 7) is 0. The second kappa shape index (κ2) is 7.97. The van der Waals surface area contributed by atoms with Gasteiger partial charge in [-0.2, -0.15) is 21.3 Å². The summed E-state index contributed by atoms with van der Waals surface area (Å²) < 4.78 is 40.8. The van der Waals surface area contributed by atoms with E-state index in [4.69, 9.17) is 9.47 Å². The molecule has 0 aliphatic rings. The zero-order valence-corrected chi connectivity index (χ0v) is 15.4. The number of anilines is 1. The molecule has 0 saturated heterocycles. The Kier molecular flexibility index (Phi) is 5.94. The first-order valence-corrected chi connectivity index (χ1v) is 9.18. The van der Waals surface area contributed by atoms with E-state index in [1.807, 2.05) is 0 Å². The van der Waals surface area contributed by atoms with Crippen molar-refractivity contribution in [2.24, 2.45) is 0 Å². The monoisotopic (exact) mass is 402 g/mol. The predicted octanol–water partition coefficient (Wildman–Crippen LogP) is 0.852. The number of thiophene rings is 1. The van der Waals surface area contributed by atoms with Crippen LogP contribution < -0.4 is 19.5 Å². The summed E-state index contributed by atoms with van der Waals surface area (Å²) in [5.41, 5.74) is -0.183. The maximum Gasteiger partial charge on any atom is 0.340 e. The number of hydrogen-bond acceptors (Lipinski definition) is 10. The molecule has 0 bridgehead atoms. The van der Waals surface area contributed by atoms with Crippen molar-refractivity contribution in [2.45, 2.75) is 4.90 Å². The SMILES string of the molecule is COC(=O)c1cscc1S(=O)(=O)NC(=O)Nc1nc(OC)cc(OC)n1. The van der Waals surface area contributed by atoms with Crippen LogP contribution in [-0.2, 0) is 14.8 Å². The largest absolute Gasteiger partial charge is 0.481 e. The Hall–Kier alpha value is -2.93. The first-order valence-electron chi connectivity index (χ1n) is 6.76. The highest BCUT2D eigenvalue weighted by Gasteiger charge is 2.26. The number of urea groups is 1. The quantitative estimate of drug-likeness (QED) is 0.671. The zero-order valence-electron chi connectivity index (χ0n) is 13.8. The van der Waals surface area contributed by atoms with Crippen molar-refractivity contribution in [3.63, 3.8) is 0 Å². The fourth-order valence-corrected chi connectivity index (χ4v) is 3.99. The highest BCUT2D eigenvalue weighted by atomic mass is 32.2. The highest BCUT2D eigenvalue weighted by molar-refractivity contribution is 7.90. The van der Waals surface area contributed by atoms with Crippen LogP contribution in [0.5, 0.6) is 11.8 Å². The molecule has 2 aromatic heterocycles. The number of esters is 1. The molecule has 0 aromatic carbocycles. The third-order valence-electron chi connectivity index (χ3n) is 2.87. The van der Waals surface area contributed by atoms with Gasteiger partial charge < -0.3 is 14.2 Å². The number of carbonyl (C=O) groups is 2. The number of sulfonamides is 1.